The Balaban J connectivity index is 2.27. The summed E-state index contributed by atoms with van der Waals surface area (Å²) >= 11 is 0. The van der Waals surface area contributed by atoms with E-state index in [9.17, 15) is 13.7 Å². The smallest absolute Gasteiger partial charge is 0.390 e. The van der Waals surface area contributed by atoms with Crippen molar-refractivity contribution >= 4 is 7.27 Å². The van der Waals surface area contributed by atoms with Crippen LogP contribution in [0.25, 0.3) is 0 Å². The first-order chi connectivity index (χ1) is 5.49. The van der Waals surface area contributed by atoms with Crippen LogP contribution in [0.15, 0.2) is 0 Å². The highest BCUT2D eigenvalue weighted by molar-refractivity contribution is 6.42. The number of hydrogen-bond acceptors (Lipinski definition) is 2. The second-order valence-electron chi connectivity index (χ2n) is 3.69. The van der Waals surface area contributed by atoms with E-state index in [1.165, 1.54) is 0 Å². The topological polar surface area (TPSA) is 23.5 Å². The predicted octanol–water partition coefficient (Wildman–Crippen LogP) is 0.800. The molecule has 0 amide bonds. The van der Waals surface area contributed by atoms with Gasteiger partial charge in [-0.2, -0.15) is 0 Å². The van der Waals surface area contributed by atoms with E-state index < -0.39 is 12.9 Å². The number of halogens is 2. The van der Waals surface area contributed by atoms with Gasteiger partial charge in [0.1, 0.15) is 0 Å². The van der Waals surface area contributed by atoms with Gasteiger partial charge in [0.2, 0.25) is 0 Å². The van der Waals surface area contributed by atoms with Gasteiger partial charge in [0.25, 0.3) is 0 Å². The first kappa shape index (κ1) is 9.93. The Bertz CT molecular complexity index is 144. The van der Waals surface area contributed by atoms with E-state index in [1.807, 2.05) is 0 Å². The minimum atomic E-state index is -2.26. The molecule has 0 atom stereocenters. The average Bonchev–Trinajstić information content (AvgIpc) is 1.93. The van der Waals surface area contributed by atoms with Crippen LogP contribution in [-0.2, 0) is 0 Å². The molecule has 0 aromatic heterocycles. The second kappa shape index (κ2) is 3.70. The largest absolute Gasteiger partial charge is 0.551 e. The van der Waals surface area contributed by atoms with Gasteiger partial charge in [0, 0.05) is 19.5 Å². The summed E-state index contributed by atoms with van der Waals surface area (Å²) < 4.78 is 23.8. The van der Waals surface area contributed by atoms with Crippen molar-refractivity contribution in [2.24, 2.45) is 0 Å². The van der Waals surface area contributed by atoms with Gasteiger partial charge in [0.05, 0.1) is 5.60 Å². The Morgan fingerprint density at radius 3 is 2.33 bits per heavy atom. The van der Waals surface area contributed by atoms with E-state index in [1.54, 1.807) is 11.8 Å². The number of hydrogen-bond donors (Lipinski definition) is 1. The summed E-state index contributed by atoms with van der Waals surface area (Å²) in [5, 5.41) is 9.51. The average molecular weight is 177 g/mol. The van der Waals surface area contributed by atoms with Crippen molar-refractivity contribution in [1.82, 2.24) is 4.90 Å². The van der Waals surface area contributed by atoms with E-state index >= 15 is 0 Å². The molecular formula is C7H14BF2NO. The molecule has 0 radical (unpaired) electrons. The van der Waals surface area contributed by atoms with Crippen molar-refractivity contribution in [2.45, 2.75) is 25.4 Å². The van der Waals surface area contributed by atoms with E-state index in [0.717, 1.165) is 0 Å². The molecule has 0 unspecified atom stereocenters. The predicted molar refractivity (Wildman–Crippen MR) is 44.3 cm³/mol. The Kier molecular flexibility index (Phi) is 3.07. The number of aliphatic hydroxyl groups is 1. The van der Waals surface area contributed by atoms with Crippen LogP contribution in [0.2, 0.25) is 0 Å². The summed E-state index contributed by atoms with van der Waals surface area (Å²) in [7, 11) is -2.26. The molecule has 0 aromatic rings. The van der Waals surface area contributed by atoms with Crippen LogP contribution in [0.4, 0.5) is 8.63 Å². The summed E-state index contributed by atoms with van der Waals surface area (Å²) in [6, 6.07) is 0. The minimum absolute atomic E-state index is 0.157. The molecule has 0 bridgehead atoms. The summed E-state index contributed by atoms with van der Waals surface area (Å²) in [5.41, 5.74) is -0.640. The minimum Gasteiger partial charge on any atom is -0.390 e. The molecule has 0 spiro atoms. The lowest BCUT2D eigenvalue weighted by atomic mass is 9.90. The Labute approximate surface area is 71.7 Å². The maximum absolute atomic E-state index is 11.9. The second-order valence-corrected chi connectivity index (χ2v) is 3.69. The Hall–Kier alpha value is -0.155. The van der Waals surface area contributed by atoms with Crippen molar-refractivity contribution in [1.29, 1.82) is 0 Å². The molecule has 1 heterocycles. The number of rotatable bonds is 2. The van der Waals surface area contributed by atoms with Crippen LogP contribution in [0.3, 0.4) is 0 Å². The molecule has 1 aliphatic rings. The third kappa shape index (κ3) is 3.07. The van der Waals surface area contributed by atoms with E-state index in [-0.39, 0.29) is 6.44 Å². The van der Waals surface area contributed by atoms with Crippen molar-refractivity contribution in [3.05, 3.63) is 0 Å². The van der Waals surface area contributed by atoms with E-state index in [2.05, 4.69) is 0 Å². The van der Waals surface area contributed by atoms with Gasteiger partial charge in [-0.15, -0.1) is 0 Å². The fourth-order valence-electron chi connectivity index (χ4n) is 1.41. The normalized spacial score (nSPS) is 24.0. The van der Waals surface area contributed by atoms with Crippen LogP contribution >= 0.6 is 0 Å². The third-order valence-electron chi connectivity index (χ3n) is 2.33. The maximum Gasteiger partial charge on any atom is 0.551 e. The van der Waals surface area contributed by atoms with Crippen LogP contribution in [0, 0.1) is 0 Å². The van der Waals surface area contributed by atoms with Crippen molar-refractivity contribution in [3.8, 4) is 0 Å². The molecule has 1 aliphatic heterocycles. The van der Waals surface area contributed by atoms with E-state index in [4.69, 9.17) is 0 Å². The lowest BCUT2D eigenvalue weighted by Crippen LogP contribution is -2.44. The molecular weight excluding hydrogens is 163 g/mol. The summed E-state index contributed by atoms with van der Waals surface area (Å²) in [6.45, 7) is 2.92. The zero-order chi connectivity index (χ0) is 9.19. The van der Waals surface area contributed by atoms with E-state index in [0.29, 0.717) is 25.9 Å². The van der Waals surface area contributed by atoms with Gasteiger partial charge in [0.15, 0.2) is 0 Å². The van der Waals surface area contributed by atoms with Crippen molar-refractivity contribution in [3.63, 3.8) is 0 Å². The number of nitrogens with zero attached hydrogens (tertiary/aromatic N) is 1. The molecule has 5 heteroatoms. The Morgan fingerprint density at radius 2 is 1.92 bits per heavy atom. The molecule has 12 heavy (non-hydrogen) atoms. The summed E-state index contributed by atoms with van der Waals surface area (Å²) in [4.78, 5) is 1.70. The Morgan fingerprint density at radius 1 is 1.42 bits per heavy atom. The number of likely N-dealkylation sites (tertiary alicyclic amines) is 1. The molecule has 1 N–H and O–H groups in total. The van der Waals surface area contributed by atoms with Gasteiger partial charge in [-0.3, -0.25) is 8.63 Å². The quantitative estimate of drug-likeness (QED) is 0.630. The number of piperidine rings is 1. The molecule has 1 rings (SSSR count). The zero-order valence-corrected chi connectivity index (χ0v) is 7.26. The highest BCUT2D eigenvalue weighted by Crippen LogP contribution is 2.20. The molecule has 0 saturated carbocycles. The van der Waals surface area contributed by atoms with Crippen LogP contribution in [-0.4, -0.2) is 42.4 Å². The summed E-state index contributed by atoms with van der Waals surface area (Å²) in [6.07, 6.45) is 1.04. The fraction of sp³-hybridized carbons (Fsp3) is 1.00. The monoisotopic (exact) mass is 177 g/mol. The highest BCUT2D eigenvalue weighted by Gasteiger charge is 2.29. The van der Waals surface area contributed by atoms with Crippen LogP contribution in [0.5, 0.6) is 0 Å². The van der Waals surface area contributed by atoms with Gasteiger partial charge in [-0.1, -0.05) is 0 Å². The van der Waals surface area contributed by atoms with Gasteiger partial charge < -0.3 is 10.0 Å². The van der Waals surface area contributed by atoms with Gasteiger partial charge in [-0.25, -0.2) is 0 Å². The van der Waals surface area contributed by atoms with Gasteiger partial charge in [-0.05, 0) is 19.8 Å². The van der Waals surface area contributed by atoms with Gasteiger partial charge >= 0.3 is 7.27 Å². The molecule has 70 valence electrons. The first-order valence-corrected chi connectivity index (χ1v) is 4.22. The van der Waals surface area contributed by atoms with Crippen LogP contribution in [0.1, 0.15) is 19.8 Å². The first-order valence-electron chi connectivity index (χ1n) is 4.22. The molecule has 2 nitrogen and oxygen atoms in total. The molecule has 1 fully saturated rings. The van der Waals surface area contributed by atoms with Crippen molar-refractivity contribution in [2.75, 3.05) is 19.5 Å². The molecule has 0 aromatic carbocycles. The fourth-order valence-corrected chi connectivity index (χ4v) is 1.41. The highest BCUT2D eigenvalue weighted by atomic mass is 19.2. The third-order valence-corrected chi connectivity index (χ3v) is 2.33. The van der Waals surface area contributed by atoms with Crippen molar-refractivity contribution < 1.29 is 13.7 Å². The SMILES string of the molecule is CC1(O)CCN(CB(F)F)CC1. The molecule has 0 aliphatic carbocycles. The summed E-state index contributed by atoms with van der Waals surface area (Å²) in [5.74, 6) is 0. The maximum atomic E-state index is 11.9. The standard InChI is InChI=1S/C7H14BF2NO/c1-7(12)2-4-11(5-3-7)6-8(9)10/h12H,2-6H2,1H3. The lowest BCUT2D eigenvalue weighted by Gasteiger charge is -2.35. The lowest BCUT2D eigenvalue weighted by molar-refractivity contribution is -0.00191. The zero-order valence-electron chi connectivity index (χ0n) is 7.26. The van der Waals surface area contributed by atoms with Crippen LogP contribution < -0.4 is 0 Å². The molecule has 1 saturated heterocycles.